The van der Waals surface area contributed by atoms with Crippen molar-refractivity contribution < 1.29 is 4.79 Å². The predicted octanol–water partition coefficient (Wildman–Crippen LogP) is 3.50. The summed E-state index contributed by atoms with van der Waals surface area (Å²) in [5, 5.41) is 0. The Morgan fingerprint density at radius 2 is 2.12 bits per heavy atom. The van der Waals surface area contributed by atoms with Crippen molar-refractivity contribution in [2.45, 2.75) is 53.0 Å². The Hall–Kier alpha value is -1.05. The van der Waals surface area contributed by atoms with Crippen molar-refractivity contribution in [3.05, 3.63) is 23.0 Å². The highest BCUT2D eigenvalue weighted by atomic mass is 16.1. The molecule has 0 bridgehead atoms. The van der Waals surface area contributed by atoms with Gasteiger partial charge in [-0.3, -0.25) is 4.79 Å². The van der Waals surface area contributed by atoms with E-state index in [1.807, 2.05) is 6.07 Å². The number of hydrogen-bond donors (Lipinski definition) is 0. The maximum atomic E-state index is 10.9. The van der Waals surface area contributed by atoms with E-state index < -0.39 is 0 Å². The SMILES string of the molecule is CCCC1(Cn2c(C)cc(C=O)c2C)CC1. The molecule has 16 heavy (non-hydrogen) atoms. The van der Waals surface area contributed by atoms with Gasteiger partial charge in [0, 0.05) is 23.5 Å². The summed E-state index contributed by atoms with van der Waals surface area (Å²) in [7, 11) is 0. The van der Waals surface area contributed by atoms with Crippen molar-refractivity contribution in [2.24, 2.45) is 5.41 Å². The van der Waals surface area contributed by atoms with E-state index in [2.05, 4.69) is 25.3 Å². The molecular weight excluding hydrogens is 198 g/mol. The molecule has 1 aliphatic rings. The third kappa shape index (κ3) is 1.93. The van der Waals surface area contributed by atoms with Crippen LogP contribution in [0.2, 0.25) is 0 Å². The van der Waals surface area contributed by atoms with Crippen LogP contribution in [0.3, 0.4) is 0 Å². The predicted molar refractivity (Wildman–Crippen MR) is 65.9 cm³/mol. The van der Waals surface area contributed by atoms with E-state index in [0.29, 0.717) is 5.41 Å². The molecule has 0 saturated heterocycles. The van der Waals surface area contributed by atoms with Gasteiger partial charge in [0.2, 0.25) is 0 Å². The molecule has 1 aliphatic carbocycles. The van der Waals surface area contributed by atoms with E-state index in [1.54, 1.807) is 0 Å². The summed E-state index contributed by atoms with van der Waals surface area (Å²) in [5.74, 6) is 0. The molecule has 0 spiro atoms. The van der Waals surface area contributed by atoms with Gasteiger partial charge in [0.15, 0.2) is 6.29 Å². The minimum atomic E-state index is 0.545. The molecule has 0 aromatic carbocycles. The summed E-state index contributed by atoms with van der Waals surface area (Å²) >= 11 is 0. The first-order valence-corrected chi connectivity index (χ1v) is 6.24. The largest absolute Gasteiger partial charge is 0.348 e. The lowest BCUT2D eigenvalue weighted by Gasteiger charge is -2.18. The lowest BCUT2D eigenvalue weighted by molar-refractivity contribution is 0.112. The second-order valence-corrected chi connectivity index (χ2v) is 5.28. The van der Waals surface area contributed by atoms with Crippen LogP contribution >= 0.6 is 0 Å². The van der Waals surface area contributed by atoms with Crippen LogP contribution in [0.5, 0.6) is 0 Å². The highest BCUT2D eigenvalue weighted by molar-refractivity contribution is 5.77. The Balaban J connectivity index is 2.21. The van der Waals surface area contributed by atoms with E-state index in [1.165, 1.54) is 31.4 Å². The Bertz CT molecular complexity index is 399. The molecule has 0 radical (unpaired) electrons. The molecule has 0 N–H and O–H groups in total. The molecule has 0 amide bonds. The van der Waals surface area contributed by atoms with Crippen LogP contribution < -0.4 is 0 Å². The fourth-order valence-corrected chi connectivity index (χ4v) is 2.72. The fourth-order valence-electron chi connectivity index (χ4n) is 2.72. The molecule has 1 aromatic heterocycles. The van der Waals surface area contributed by atoms with Crippen LogP contribution in [0, 0.1) is 19.3 Å². The molecule has 88 valence electrons. The molecule has 0 atom stereocenters. The average Bonchev–Trinajstić information content (AvgIpc) is 2.96. The van der Waals surface area contributed by atoms with Gasteiger partial charge >= 0.3 is 0 Å². The van der Waals surface area contributed by atoms with Crippen molar-refractivity contribution in [3.8, 4) is 0 Å². The number of aldehydes is 1. The van der Waals surface area contributed by atoms with Gasteiger partial charge in [-0.2, -0.15) is 0 Å². The number of carbonyl (C=O) groups excluding carboxylic acids is 1. The summed E-state index contributed by atoms with van der Waals surface area (Å²) in [5.41, 5.74) is 3.75. The lowest BCUT2D eigenvalue weighted by Crippen LogP contribution is -2.14. The molecule has 0 unspecified atom stereocenters. The third-order valence-corrected chi connectivity index (χ3v) is 3.97. The highest BCUT2D eigenvalue weighted by Crippen LogP contribution is 2.51. The minimum Gasteiger partial charge on any atom is -0.348 e. The molecule has 1 aromatic rings. The van der Waals surface area contributed by atoms with E-state index in [-0.39, 0.29) is 0 Å². The molecule has 1 heterocycles. The molecule has 2 heteroatoms. The zero-order valence-corrected chi connectivity index (χ0v) is 10.5. The molecule has 1 fully saturated rings. The van der Waals surface area contributed by atoms with Crippen molar-refractivity contribution in [3.63, 3.8) is 0 Å². The van der Waals surface area contributed by atoms with Gasteiger partial charge in [0.05, 0.1) is 0 Å². The third-order valence-electron chi connectivity index (χ3n) is 3.97. The standard InChI is InChI=1S/C14H21NO/c1-4-5-14(6-7-14)10-15-11(2)8-13(9-16)12(15)3/h8-9H,4-7,10H2,1-3H3. The first kappa shape index (κ1) is 11.4. The van der Waals surface area contributed by atoms with Crippen molar-refractivity contribution >= 4 is 6.29 Å². The molecular formula is C14H21NO. The molecule has 2 nitrogen and oxygen atoms in total. The van der Waals surface area contributed by atoms with Gasteiger partial charge in [0.25, 0.3) is 0 Å². The summed E-state index contributed by atoms with van der Waals surface area (Å²) in [6.45, 7) is 7.51. The number of carbonyl (C=O) groups is 1. The number of aryl methyl sites for hydroxylation is 1. The summed E-state index contributed by atoms with van der Waals surface area (Å²) in [6, 6.07) is 2.00. The monoisotopic (exact) mass is 219 g/mol. The van der Waals surface area contributed by atoms with Crippen LogP contribution in [0.25, 0.3) is 0 Å². The topological polar surface area (TPSA) is 22.0 Å². The second kappa shape index (κ2) is 4.08. The van der Waals surface area contributed by atoms with E-state index in [0.717, 1.165) is 24.1 Å². The quantitative estimate of drug-likeness (QED) is 0.695. The van der Waals surface area contributed by atoms with Gasteiger partial charge < -0.3 is 4.57 Å². The van der Waals surface area contributed by atoms with Crippen molar-refractivity contribution in [1.29, 1.82) is 0 Å². The Morgan fingerprint density at radius 3 is 2.56 bits per heavy atom. The summed E-state index contributed by atoms with van der Waals surface area (Å²) < 4.78 is 2.33. The van der Waals surface area contributed by atoms with E-state index in [9.17, 15) is 4.79 Å². The van der Waals surface area contributed by atoms with Crippen LogP contribution in [-0.4, -0.2) is 10.9 Å². The number of aromatic nitrogens is 1. The molecule has 2 rings (SSSR count). The lowest BCUT2D eigenvalue weighted by atomic mass is 10.0. The van der Waals surface area contributed by atoms with Gasteiger partial charge in [-0.25, -0.2) is 0 Å². The Labute approximate surface area is 97.7 Å². The van der Waals surface area contributed by atoms with Crippen molar-refractivity contribution in [1.82, 2.24) is 4.57 Å². The van der Waals surface area contributed by atoms with E-state index >= 15 is 0 Å². The Kier molecular flexibility index (Phi) is 2.92. The van der Waals surface area contributed by atoms with Crippen LogP contribution in [0.1, 0.15) is 54.4 Å². The second-order valence-electron chi connectivity index (χ2n) is 5.28. The first-order chi connectivity index (χ1) is 7.62. The smallest absolute Gasteiger partial charge is 0.151 e. The molecule has 1 saturated carbocycles. The maximum Gasteiger partial charge on any atom is 0.151 e. The van der Waals surface area contributed by atoms with Gasteiger partial charge in [-0.1, -0.05) is 13.3 Å². The Morgan fingerprint density at radius 1 is 1.44 bits per heavy atom. The van der Waals surface area contributed by atoms with Crippen molar-refractivity contribution in [2.75, 3.05) is 0 Å². The van der Waals surface area contributed by atoms with Gasteiger partial charge in [0.1, 0.15) is 0 Å². The normalized spacial score (nSPS) is 17.4. The van der Waals surface area contributed by atoms with Crippen LogP contribution in [0.15, 0.2) is 6.07 Å². The zero-order valence-electron chi connectivity index (χ0n) is 10.5. The average molecular weight is 219 g/mol. The number of nitrogens with zero attached hydrogens (tertiary/aromatic N) is 1. The van der Waals surface area contributed by atoms with Gasteiger partial charge in [-0.15, -0.1) is 0 Å². The van der Waals surface area contributed by atoms with E-state index in [4.69, 9.17) is 0 Å². The summed E-state index contributed by atoms with van der Waals surface area (Å²) in [4.78, 5) is 10.9. The number of rotatable bonds is 5. The zero-order chi connectivity index (χ0) is 11.8. The van der Waals surface area contributed by atoms with Gasteiger partial charge in [-0.05, 0) is 44.6 Å². The highest BCUT2D eigenvalue weighted by Gasteiger charge is 2.42. The van der Waals surface area contributed by atoms with Crippen LogP contribution in [0.4, 0.5) is 0 Å². The number of hydrogen-bond acceptors (Lipinski definition) is 1. The van der Waals surface area contributed by atoms with Crippen LogP contribution in [-0.2, 0) is 6.54 Å². The summed E-state index contributed by atoms with van der Waals surface area (Å²) in [6.07, 6.45) is 6.27. The molecule has 0 aliphatic heterocycles. The minimum absolute atomic E-state index is 0.545. The maximum absolute atomic E-state index is 10.9. The first-order valence-electron chi connectivity index (χ1n) is 6.24. The fraction of sp³-hybridized carbons (Fsp3) is 0.643.